The van der Waals surface area contributed by atoms with E-state index in [1.165, 1.54) is 5.56 Å². The quantitative estimate of drug-likeness (QED) is 0.239. The van der Waals surface area contributed by atoms with Crippen LogP contribution in [0.4, 0.5) is 0 Å². The molecule has 8 rings (SSSR count). The van der Waals surface area contributed by atoms with E-state index in [1.54, 1.807) is 27.3 Å². The number of pyridine rings is 1. The molecule has 0 saturated carbocycles. The Morgan fingerprint density at radius 2 is 1.54 bits per heavy atom. The third-order valence-electron chi connectivity index (χ3n) is 11.0. The lowest BCUT2D eigenvalue weighted by molar-refractivity contribution is -0.130. The summed E-state index contributed by atoms with van der Waals surface area (Å²) in [6.45, 7) is 6.77. The maximum absolute atomic E-state index is 11.9. The average molecular weight is 743 g/mol. The zero-order valence-corrected chi connectivity index (χ0v) is 31.1. The largest absolute Gasteiger partial charge is 0.481 e. The molecule has 52 heavy (non-hydrogen) atoms. The van der Waals surface area contributed by atoms with Gasteiger partial charge >= 0.3 is 0 Å². The van der Waals surface area contributed by atoms with Crippen LogP contribution in [0, 0.1) is 0 Å². The van der Waals surface area contributed by atoms with Gasteiger partial charge in [0, 0.05) is 93.0 Å². The average Bonchev–Trinajstić information content (AvgIpc) is 3.75. The number of hydrogen-bond donors (Lipinski definition) is 1. The Labute approximate surface area is 313 Å². The SMILES string of the molecule is COc1nc(-c2cccc(-c3cccc(-c4cc5c(c(OC)n4)C(N4CC6(CCC(=O)N6)C4)CC5)c3Cl)c2Cl)cnc1CN1CCN(C(C)=O)CC1. The summed E-state index contributed by atoms with van der Waals surface area (Å²) in [4.78, 5) is 44.8. The second-order valence-electron chi connectivity index (χ2n) is 14.2. The van der Waals surface area contributed by atoms with E-state index in [-0.39, 0.29) is 23.4 Å². The number of nitrogens with zero attached hydrogens (tertiary/aromatic N) is 6. The van der Waals surface area contributed by atoms with Crippen molar-refractivity contribution in [1.29, 1.82) is 0 Å². The lowest BCUT2D eigenvalue weighted by Crippen LogP contribution is -2.67. The van der Waals surface area contributed by atoms with E-state index in [9.17, 15) is 9.59 Å². The zero-order chi connectivity index (χ0) is 36.1. The number of ether oxygens (including phenoxy) is 2. The van der Waals surface area contributed by atoms with Gasteiger partial charge in [0.25, 0.3) is 0 Å². The van der Waals surface area contributed by atoms with Gasteiger partial charge in [0.1, 0.15) is 5.69 Å². The van der Waals surface area contributed by atoms with Gasteiger partial charge in [0.15, 0.2) is 0 Å². The number of amides is 2. The first-order chi connectivity index (χ1) is 25.2. The molecule has 270 valence electrons. The Morgan fingerprint density at radius 3 is 2.15 bits per heavy atom. The lowest BCUT2D eigenvalue weighted by atomic mass is 9.86. The molecule has 1 spiro atoms. The number of carbonyl (C=O) groups excluding carboxylic acids is 2. The Balaban J connectivity index is 1.05. The summed E-state index contributed by atoms with van der Waals surface area (Å²) >= 11 is 14.4. The van der Waals surface area contributed by atoms with E-state index in [4.69, 9.17) is 47.6 Å². The summed E-state index contributed by atoms with van der Waals surface area (Å²) in [5, 5.41) is 4.23. The highest BCUT2D eigenvalue weighted by Gasteiger charge is 2.51. The molecular formula is C39H41Cl2N7O4. The van der Waals surface area contributed by atoms with Gasteiger partial charge in [-0.3, -0.25) is 24.4 Å². The predicted molar refractivity (Wildman–Crippen MR) is 200 cm³/mol. The highest BCUT2D eigenvalue weighted by Crippen LogP contribution is 2.48. The van der Waals surface area contributed by atoms with E-state index in [0.29, 0.717) is 59.1 Å². The molecule has 0 bridgehead atoms. The maximum Gasteiger partial charge on any atom is 0.237 e. The maximum atomic E-state index is 11.9. The van der Waals surface area contributed by atoms with Gasteiger partial charge < -0.3 is 19.7 Å². The van der Waals surface area contributed by atoms with Crippen LogP contribution in [0.25, 0.3) is 33.6 Å². The molecule has 2 aromatic carbocycles. The lowest BCUT2D eigenvalue weighted by Gasteiger charge is -2.50. The van der Waals surface area contributed by atoms with Crippen molar-refractivity contribution in [3.63, 3.8) is 0 Å². The van der Waals surface area contributed by atoms with Crippen molar-refractivity contribution in [2.75, 3.05) is 53.5 Å². The van der Waals surface area contributed by atoms with Gasteiger partial charge in [-0.1, -0.05) is 59.6 Å². The first-order valence-electron chi connectivity index (χ1n) is 17.8. The number of rotatable bonds is 8. The van der Waals surface area contributed by atoms with Crippen LogP contribution in [-0.2, 0) is 22.6 Å². The number of piperazine rings is 1. The molecule has 2 amide bonds. The van der Waals surface area contributed by atoms with Crippen LogP contribution < -0.4 is 14.8 Å². The summed E-state index contributed by atoms with van der Waals surface area (Å²) in [6, 6.07) is 14.0. The Kier molecular flexibility index (Phi) is 9.31. The summed E-state index contributed by atoms with van der Waals surface area (Å²) in [6.07, 6.45) is 5.12. The molecule has 5 heterocycles. The van der Waals surface area contributed by atoms with Crippen molar-refractivity contribution in [2.45, 2.75) is 50.7 Å². The number of nitrogens with one attached hydrogen (secondary N) is 1. The molecule has 1 unspecified atom stereocenters. The smallest absolute Gasteiger partial charge is 0.237 e. The third kappa shape index (κ3) is 6.27. The molecule has 1 aliphatic carbocycles. The van der Waals surface area contributed by atoms with Crippen LogP contribution >= 0.6 is 23.2 Å². The molecule has 2 aromatic heterocycles. The molecule has 11 nitrogen and oxygen atoms in total. The molecular weight excluding hydrogens is 701 g/mol. The molecule has 0 radical (unpaired) electrons. The van der Waals surface area contributed by atoms with E-state index in [0.717, 1.165) is 79.1 Å². The van der Waals surface area contributed by atoms with Crippen LogP contribution in [0.5, 0.6) is 11.8 Å². The number of fused-ring (bicyclic) bond motifs is 1. The zero-order valence-electron chi connectivity index (χ0n) is 29.5. The van der Waals surface area contributed by atoms with Gasteiger partial charge in [-0.15, -0.1) is 0 Å². The fourth-order valence-corrected chi connectivity index (χ4v) is 8.96. The first kappa shape index (κ1) is 34.8. The molecule has 3 fully saturated rings. The minimum atomic E-state index is -0.0796. The number of halogens is 2. The van der Waals surface area contributed by atoms with E-state index >= 15 is 0 Å². The number of hydrogen-bond acceptors (Lipinski definition) is 9. The third-order valence-corrected chi connectivity index (χ3v) is 11.9. The van der Waals surface area contributed by atoms with Crippen LogP contribution in [0.15, 0.2) is 48.7 Å². The first-order valence-corrected chi connectivity index (χ1v) is 18.5. The number of aromatic nitrogens is 3. The summed E-state index contributed by atoms with van der Waals surface area (Å²) < 4.78 is 11.6. The highest BCUT2D eigenvalue weighted by atomic mass is 35.5. The fourth-order valence-electron chi connectivity index (χ4n) is 8.31. The van der Waals surface area contributed by atoms with E-state index in [2.05, 4.69) is 21.2 Å². The minimum absolute atomic E-state index is 0.0796. The van der Waals surface area contributed by atoms with Gasteiger partial charge in [0.2, 0.25) is 23.6 Å². The van der Waals surface area contributed by atoms with Crippen LogP contribution in [0.1, 0.15) is 49.0 Å². The van der Waals surface area contributed by atoms with Crippen LogP contribution in [0.2, 0.25) is 10.0 Å². The van der Waals surface area contributed by atoms with Crippen molar-refractivity contribution < 1.29 is 19.1 Å². The van der Waals surface area contributed by atoms with Gasteiger partial charge in [-0.25, -0.2) is 9.97 Å². The number of benzene rings is 2. The summed E-state index contributed by atoms with van der Waals surface area (Å²) in [7, 11) is 3.26. The Bertz CT molecular complexity index is 2060. The second-order valence-corrected chi connectivity index (χ2v) is 15.0. The molecule has 13 heteroatoms. The number of aryl methyl sites for hydroxylation is 1. The van der Waals surface area contributed by atoms with Gasteiger partial charge in [-0.2, -0.15) is 0 Å². The predicted octanol–water partition coefficient (Wildman–Crippen LogP) is 5.81. The molecule has 4 aromatic rings. The molecule has 1 atom stereocenters. The van der Waals surface area contributed by atoms with Crippen molar-refractivity contribution in [3.05, 3.63) is 75.5 Å². The highest BCUT2D eigenvalue weighted by molar-refractivity contribution is 6.39. The van der Waals surface area contributed by atoms with Gasteiger partial charge in [-0.05, 0) is 30.9 Å². The monoisotopic (exact) mass is 741 g/mol. The van der Waals surface area contributed by atoms with Crippen molar-refractivity contribution in [2.24, 2.45) is 0 Å². The number of methoxy groups -OCH3 is 2. The standard InChI is InChI=1S/C39H41Cl2N7O4/c1-23(49)47-16-14-46(15-17-47)20-31-37(51-2)44-30(19-42-31)28-9-5-7-26(36(28)41)25-6-4-8-27(35(25)40)29-18-24-10-11-32(34(24)38(43-29)52-3)48-21-39(22-48)13-12-33(50)45-39/h4-9,18-19,32H,10-17,20-22H2,1-3H3,(H,45,50). The van der Waals surface area contributed by atoms with E-state index in [1.807, 2.05) is 41.3 Å². The summed E-state index contributed by atoms with van der Waals surface area (Å²) in [5.41, 5.74) is 7.35. The van der Waals surface area contributed by atoms with E-state index < -0.39 is 0 Å². The normalized spacial score (nSPS) is 19.8. The molecule has 3 aliphatic heterocycles. The molecule has 1 N–H and O–H groups in total. The van der Waals surface area contributed by atoms with Crippen LogP contribution in [0.3, 0.4) is 0 Å². The van der Waals surface area contributed by atoms with Crippen molar-refractivity contribution >= 4 is 35.0 Å². The molecule has 3 saturated heterocycles. The number of carbonyl (C=O) groups is 2. The molecule has 4 aliphatic rings. The Morgan fingerprint density at radius 1 is 0.904 bits per heavy atom. The van der Waals surface area contributed by atoms with Gasteiger partial charge in [0.05, 0.1) is 47.4 Å². The summed E-state index contributed by atoms with van der Waals surface area (Å²) in [5.74, 6) is 1.30. The number of likely N-dealkylation sites (tertiary alicyclic amines) is 1. The second kappa shape index (κ2) is 13.9. The van der Waals surface area contributed by atoms with Crippen LogP contribution in [-0.4, -0.2) is 100 Å². The Hall–Kier alpha value is -4.29. The fraction of sp³-hybridized carbons (Fsp3) is 0.410. The topological polar surface area (TPSA) is 113 Å². The van der Waals surface area contributed by atoms with Crippen molar-refractivity contribution in [3.8, 4) is 45.4 Å². The van der Waals surface area contributed by atoms with Crippen molar-refractivity contribution in [1.82, 2.24) is 35.0 Å². The minimum Gasteiger partial charge on any atom is -0.481 e.